The van der Waals surface area contributed by atoms with Gasteiger partial charge >= 0.3 is 0 Å². The van der Waals surface area contributed by atoms with Crippen LogP contribution in [0.3, 0.4) is 0 Å². The van der Waals surface area contributed by atoms with E-state index < -0.39 is 12.0 Å². The summed E-state index contributed by atoms with van der Waals surface area (Å²) in [7, 11) is 1.56. The van der Waals surface area contributed by atoms with E-state index in [4.69, 9.17) is 20.9 Å². The fourth-order valence-corrected chi connectivity index (χ4v) is 5.01. The summed E-state index contributed by atoms with van der Waals surface area (Å²) in [4.78, 5) is 17.2. The van der Waals surface area contributed by atoms with Gasteiger partial charge in [0.2, 0.25) is 0 Å². The van der Waals surface area contributed by atoms with Gasteiger partial charge in [-0.3, -0.25) is 9.78 Å². The van der Waals surface area contributed by atoms with Crippen molar-refractivity contribution >= 4 is 16.8 Å². The SMILES string of the molecule is CCc1c(CN)cccc1-n1cccc1-c1c(C(N)=O)cnc2cc(OC)c(OCC(O)CNC3CC3)cc12. The number of aliphatic hydroxyl groups excluding tert-OH is 1. The zero-order valence-corrected chi connectivity index (χ0v) is 22.3. The van der Waals surface area contributed by atoms with Crippen LogP contribution in [-0.4, -0.2) is 53.0 Å². The van der Waals surface area contributed by atoms with Crippen LogP contribution in [-0.2, 0) is 13.0 Å². The van der Waals surface area contributed by atoms with Crippen LogP contribution in [0.2, 0.25) is 0 Å². The van der Waals surface area contributed by atoms with E-state index in [1.807, 2.05) is 36.5 Å². The van der Waals surface area contributed by atoms with Crippen LogP contribution in [0.5, 0.6) is 11.5 Å². The number of nitrogens with two attached hydrogens (primary N) is 2. The molecule has 204 valence electrons. The lowest BCUT2D eigenvalue weighted by molar-refractivity contribution is 0.100. The van der Waals surface area contributed by atoms with Gasteiger partial charge in [-0.1, -0.05) is 19.1 Å². The monoisotopic (exact) mass is 529 g/mol. The Morgan fingerprint density at radius 2 is 2.05 bits per heavy atom. The van der Waals surface area contributed by atoms with Gasteiger partial charge in [0.05, 0.1) is 23.9 Å². The lowest BCUT2D eigenvalue weighted by atomic mass is 9.98. The van der Waals surface area contributed by atoms with Gasteiger partial charge in [-0.2, -0.15) is 0 Å². The average Bonchev–Trinajstić information content (AvgIpc) is 3.67. The highest BCUT2D eigenvalue weighted by atomic mass is 16.5. The number of pyridine rings is 1. The Morgan fingerprint density at radius 1 is 1.23 bits per heavy atom. The van der Waals surface area contributed by atoms with E-state index in [2.05, 4.69) is 21.8 Å². The third kappa shape index (κ3) is 5.47. The van der Waals surface area contributed by atoms with Gasteiger partial charge in [0.1, 0.15) is 12.7 Å². The van der Waals surface area contributed by atoms with Crippen LogP contribution in [0.4, 0.5) is 0 Å². The molecule has 0 aliphatic heterocycles. The molecule has 9 heteroatoms. The van der Waals surface area contributed by atoms with Gasteiger partial charge in [-0.15, -0.1) is 0 Å². The molecule has 1 saturated carbocycles. The predicted molar refractivity (Wildman–Crippen MR) is 151 cm³/mol. The summed E-state index contributed by atoms with van der Waals surface area (Å²) in [6, 6.07) is 14.0. The van der Waals surface area contributed by atoms with Crippen molar-refractivity contribution in [1.82, 2.24) is 14.9 Å². The molecule has 1 amide bonds. The average molecular weight is 530 g/mol. The molecule has 39 heavy (non-hydrogen) atoms. The van der Waals surface area contributed by atoms with Crippen LogP contribution in [0.25, 0.3) is 27.8 Å². The van der Waals surface area contributed by atoms with Gasteiger partial charge in [-0.25, -0.2) is 0 Å². The van der Waals surface area contributed by atoms with E-state index in [1.165, 1.54) is 6.20 Å². The summed E-state index contributed by atoms with van der Waals surface area (Å²) >= 11 is 0. The number of hydrogen-bond donors (Lipinski definition) is 4. The highest BCUT2D eigenvalue weighted by Gasteiger charge is 2.23. The molecule has 6 N–H and O–H groups in total. The van der Waals surface area contributed by atoms with Crippen LogP contribution in [0.15, 0.2) is 54.9 Å². The number of aromatic nitrogens is 2. The molecule has 2 aromatic heterocycles. The number of hydrogen-bond acceptors (Lipinski definition) is 7. The summed E-state index contributed by atoms with van der Waals surface area (Å²) in [6.45, 7) is 3.07. The van der Waals surface area contributed by atoms with Gasteiger partial charge in [0, 0.05) is 54.2 Å². The zero-order valence-electron chi connectivity index (χ0n) is 22.3. The molecule has 0 radical (unpaired) electrons. The van der Waals surface area contributed by atoms with E-state index in [0.717, 1.165) is 41.8 Å². The number of nitrogens with one attached hydrogen (secondary N) is 1. The van der Waals surface area contributed by atoms with E-state index in [1.54, 1.807) is 19.2 Å². The van der Waals surface area contributed by atoms with E-state index >= 15 is 0 Å². The maximum atomic E-state index is 12.6. The van der Waals surface area contributed by atoms with Crippen LogP contribution >= 0.6 is 0 Å². The number of primary amides is 1. The van der Waals surface area contributed by atoms with Gasteiger partial charge in [0.25, 0.3) is 5.91 Å². The molecule has 9 nitrogen and oxygen atoms in total. The Labute approximate surface area is 227 Å². The van der Waals surface area contributed by atoms with Gasteiger partial charge < -0.3 is 35.9 Å². The first-order chi connectivity index (χ1) is 18.9. The largest absolute Gasteiger partial charge is 0.493 e. The zero-order chi connectivity index (χ0) is 27.5. The first kappa shape index (κ1) is 26.7. The second-order valence-electron chi connectivity index (χ2n) is 9.81. The van der Waals surface area contributed by atoms with Crippen molar-refractivity contribution in [1.29, 1.82) is 0 Å². The van der Waals surface area contributed by atoms with Crippen LogP contribution < -0.4 is 26.3 Å². The molecule has 2 heterocycles. The van der Waals surface area contributed by atoms with E-state index in [0.29, 0.717) is 52.7 Å². The number of fused-ring (bicyclic) bond motifs is 1. The number of amides is 1. The molecule has 1 atom stereocenters. The topological polar surface area (TPSA) is 138 Å². The standard InChI is InChI=1S/C30H35N5O4/c1-3-21-18(14-31)6-4-7-25(21)35-11-5-8-26(35)29-22-12-28(39-17-20(36)15-33-19-9-10-19)27(38-2)13-24(22)34-16-23(29)30(32)37/h4-8,11-13,16,19-20,33,36H,3,9-10,14-15,17,31H2,1-2H3,(H2,32,37). The van der Waals surface area contributed by atoms with Crippen molar-refractivity contribution in [3.8, 4) is 28.4 Å². The number of benzene rings is 2. The predicted octanol–water partition coefficient (Wildman–Crippen LogP) is 3.31. The number of rotatable bonds is 12. The van der Waals surface area contributed by atoms with Crippen molar-refractivity contribution in [3.63, 3.8) is 0 Å². The normalized spacial score (nSPS) is 13.9. The summed E-state index contributed by atoms with van der Waals surface area (Å²) in [5.41, 5.74) is 17.4. The van der Waals surface area contributed by atoms with E-state index in [9.17, 15) is 9.90 Å². The number of methoxy groups -OCH3 is 1. The molecule has 1 aliphatic rings. The van der Waals surface area contributed by atoms with Gasteiger partial charge in [-0.05, 0) is 54.7 Å². The lowest BCUT2D eigenvalue weighted by Gasteiger charge is -2.20. The minimum Gasteiger partial charge on any atom is -0.493 e. The number of carbonyl (C=O) groups excluding carboxylic acids is 1. The minimum atomic E-state index is -0.680. The van der Waals surface area contributed by atoms with Crippen molar-refractivity contribution in [3.05, 3.63) is 71.5 Å². The van der Waals surface area contributed by atoms with Crippen molar-refractivity contribution in [2.24, 2.45) is 11.5 Å². The molecule has 0 bridgehead atoms. The van der Waals surface area contributed by atoms with Gasteiger partial charge in [0.15, 0.2) is 11.5 Å². The summed E-state index contributed by atoms with van der Waals surface area (Å²) in [5, 5.41) is 14.4. The molecule has 2 aromatic carbocycles. The Hall–Kier alpha value is -3.92. The summed E-state index contributed by atoms with van der Waals surface area (Å²) in [6.07, 6.45) is 5.87. The maximum Gasteiger partial charge on any atom is 0.250 e. The Balaban J connectivity index is 1.63. The Morgan fingerprint density at radius 3 is 2.74 bits per heavy atom. The highest BCUT2D eigenvalue weighted by molar-refractivity contribution is 6.08. The Kier molecular flexibility index (Phi) is 7.83. The number of nitrogens with zero attached hydrogens (tertiary/aromatic N) is 2. The fourth-order valence-electron chi connectivity index (χ4n) is 5.01. The molecule has 4 aromatic rings. The summed E-state index contributed by atoms with van der Waals surface area (Å²) in [5.74, 6) is 0.338. The molecule has 1 aliphatic carbocycles. The van der Waals surface area contributed by atoms with Crippen LogP contribution in [0.1, 0.15) is 41.3 Å². The lowest BCUT2D eigenvalue weighted by Crippen LogP contribution is -2.32. The van der Waals surface area contributed by atoms with Crippen molar-refractivity contribution < 1.29 is 19.4 Å². The molecule has 1 fully saturated rings. The number of ether oxygens (including phenoxy) is 2. The van der Waals surface area contributed by atoms with Crippen LogP contribution in [0, 0.1) is 0 Å². The Bertz CT molecular complexity index is 1490. The second kappa shape index (κ2) is 11.4. The molecular weight excluding hydrogens is 494 g/mol. The molecule has 0 saturated heterocycles. The molecular formula is C30H35N5O4. The summed E-state index contributed by atoms with van der Waals surface area (Å²) < 4.78 is 13.7. The highest BCUT2D eigenvalue weighted by Crippen LogP contribution is 2.39. The molecule has 1 unspecified atom stereocenters. The first-order valence-electron chi connectivity index (χ1n) is 13.3. The number of carbonyl (C=O) groups is 1. The fraction of sp³-hybridized carbons (Fsp3) is 0.333. The van der Waals surface area contributed by atoms with Crippen molar-refractivity contribution in [2.75, 3.05) is 20.3 Å². The smallest absolute Gasteiger partial charge is 0.250 e. The van der Waals surface area contributed by atoms with E-state index in [-0.39, 0.29) is 6.61 Å². The van der Waals surface area contributed by atoms with Crippen molar-refractivity contribution in [2.45, 2.75) is 44.9 Å². The third-order valence-electron chi connectivity index (χ3n) is 7.16. The number of aliphatic hydroxyl groups is 1. The third-order valence-corrected chi connectivity index (χ3v) is 7.16. The molecule has 0 spiro atoms. The maximum absolute atomic E-state index is 12.6. The minimum absolute atomic E-state index is 0.0853. The molecule has 5 rings (SSSR count). The second-order valence-corrected chi connectivity index (χ2v) is 9.81. The quantitative estimate of drug-likeness (QED) is 0.221. The first-order valence-corrected chi connectivity index (χ1v) is 13.3.